The molecular formula is C19H23F2N5O. The van der Waals surface area contributed by atoms with E-state index in [0.717, 1.165) is 38.2 Å². The van der Waals surface area contributed by atoms with Crippen molar-refractivity contribution in [3.05, 3.63) is 53.9 Å². The van der Waals surface area contributed by atoms with Gasteiger partial charge in [0.25, 0.3) is 0 Å². The van der Waals surface area contributed by atoms with Crippen LogP contribution in [0.25, 0.3) is 0 Å². The SMILES string of the molecule is O[C@H]1CN(Cc2cccc(F)c2F)C[C@@H]1N1CCN(c2ncccn2)CC1. The van der Waals surface area contributed by atoms with Crippen LogP contribution in [-0.4, -0.2) is 76.3 Å². The number of anilines is 1. The molecular weight excluding hydrogens is 352 g/mol. The zero-order chi connectivity index (χ0) is 18.8. The summed E-state index contributed by atoms with van der Waals surface area (Å²) in [7, 11) is 0. The first-order valence-corrected chi connectivity index (χ1v) is 9.21. The summed E-state index contributed by atoms with van der Waals surface area (Å²) < 4.78 is 27.3. The average molecular weight is 375 g/mol. The van der Waals surface area contributed by atoms with Gasteiger partial charge < -0.3 is 10.0 Å². The molecule has 2 aliphatic heterocycles. The smallest absolute Gasteiger partial charge is 0.225 e. The lowest BCUT2D eigenvalue weighted by Crippen LogP contribution is -2.54. The first-order chi connectivity index (χ1) is 13.1. The lowest BCUT2D eigenvalue weighted by atomic mass is 10.1. The van der Waals surface area contributed by atoms with E-state index in [4.69, 9.17) is 0 Å². The molecule has 0 bridgehead atoms. The predicted octanol–water partition coefficient (Wildman–Crippen LogP) is 1.12. The van der Waals surface area contributed by atoms with Crippen molar-refractivity contribution in [2.24, 2.45) is 0 Å². The van der Waals surface area contributed by atoms with E-state index in [0.29, 0.717) is 25.2 Å². The molecule has 2 aromatic rings. The minimum Gasteiger partial charge on any atom is -0.390 e. The molecule has 1 N–H and O–H groups in total. The number of likely N-dealkylation sites (tertiary alicyclic amines) is 1. The quantitative estimate of drug-likeness (QED) is 0.865. The number of hydrogen-bond acceptors (Lipinski definition) is 6. The maximum absolute atomic E-state index is 13.9. The third-order valence-electron chi connectivity index (χ3n) is 5.38. The largest absolute Gasteiger partial charge is 0.390 e. The van der Waals surface area contributed by atoms with Crippen molar-refractivity contribution in [1.29, 1.82) is 0 Å². The lowest BCUT2D eigenvalue weighted by molar-refractivity contribution is 0.0789. The molecule has 6 nitrogen and oxygen atoms in total. The molecule has 2 fully saturated rings. The number of halogens is 2. The molecule has 4 rings (SSSR count). The van der Waals surface area contributed by atoms with Crippen LogP contribution < -0.4 is 4.90 Å². The predicted molar refractivity (Wildman–Crippen MR) is 97.2 cm³/mol. The third kappa shape index (κ3) is 3.92. The molecule has 2 atom stereocenters. The van der Waals surface area contributed by atoms with Crippen LogP contribution >= 0.6 is 0 Å². The van der Waals surface area contributed by atoms with Gasteiger partial charge in [-0.2, -0.15) is 0 Å². The summed E-state index contributed by atoms with van der Waals surface area (Å²) in [5.74, 6) is -0.901. The van der Waals surface area contributed by atoms with E-state index in [-0.39, 0.29) is 6.04 Å². The van der Waals surface area contributed by atoms with E-state index in [1.54, 1.807) is 24.5 Å². The maximum Gasteiger partial charge on any atom is 0.225 e. The number of β-amino-alcohol motifs (C(OH)–C–C–N with tert-alkyl or cyclic N) is 1. The Bertz CT molecular complexity index is 770. The van der Waals surface area contributed by atoms with Gasteiger partial charge in [0.1, 0.15) is 0 Å². The van der Waals surface area contributed by atoms with Crippen LogP contribution in [0.15, 0.2) is 36.7 Å². The van der Waals surface area contributed by atoms with Crippen molar-refractivity contribution in [2.45, 2.75) is 18.7 Å². The molecule has 0 radical (unpaired) electrons. The minimum absolute atomic E-state index is 0.000428. The van der Waals surface area contributed by atoms with Gasteiger partial charge >= 0.3 is 0 Å². The van der Waals surface area contributed by atoms with E-state index < -0.39 is 17.7 Å². The van der Waals surface area contributed by atoms with Gasteiger partial charge in [-0.25, -0.2) is 18.7 Å². The lowest BCUT2D eigenvalue weighted by Gasteiger charge is -2.38. The van der Waals surface area contributed by atoms with Crippen molar-refractivity contribution in [1.82, 2.24) is 19.8 Å². The summed E-state index contributed by atoms with van der Waals surface area (Å²) in [4.78, 5) is 15.0. The van der Waals surface area contributed by atoms with Gasteiger partial charge in [0.05, 0.1) is 6.10 Å². The van der Waals surface area contributed by atoms with Crippen LogP contribution in [0.1, 0.15) is 5.56 Å². The monoisotopic (exact) mass is 375 g/mol. The molecule has 2 saturated heterocycles. The second-order valence-corrected chi connectivity index (χ2v) is 7.11. The minimum atomic E-state index is -0.831. The number of nitrogens with zero attached hydrogens (tertiary/aromatic N) is 5. The molecule has 0 aliphatic carbocycles. The van der Waals surface area contributed by atoms with E-state index in [1.807, 2.05) is 4.90 Å². The Labute approximate surface area is 157 Å². The number of aliphatic hydroxyl groups excluding tert-OH is 1. The molecule has 0 unspecified atom stereocenters. The second-order valence-electron chi connectivity index (χ2n) is 7.11. The van der Waals surface area contributed by atoms with Crippen LogP contribution in [0.4, 0.5) is 14.7 Å². The number of rotatable bonds is 4. The molecule has 0 saturated carbocycles. The fourth-order valence-electron chi connectivity index (χ4n) is 3.95. The number of aliphatic hydroxyl groups is 1. The van der Waals surface area contributed by atoms with E-state index in [9.17, 15) is 13.9 Å². The van der Waals surface area contributed by atoms with Crippen LogP contribution in [-0.2, 0) is 6.54 Å². The maximum atomic E-state index is 13.9. The number of hydrogen-bond donors (Lipinski definition) is 1. The fraction of sp³-hybridized carbons (Fsp3) is 0.474. The molecule has 1 aromatic heterocycles. The number of benzene rings is 1. The van der Waals surface area contributed by atoms with Crippen molar-refractivity contribution in [3.8, 4) is 0 Å². The molecule has 144 valence electrons. The van der Waals surface area contributed by atoms with Crippen molar-refractivity contribution in [3.63, 3.8) is 0 Å². The van der Waals surface area contributed by atoms with Gasteiger partial charge in [0, 0.05) is 69.8 Å². The molecule has 0 amide bonds. The highest BCUT2D eigenvalue weighted by atomic mass is 19.2. The normalized spacial score (nSPS) is 24.5. The topological polar surface area (TPSA) is 55.7 Å². The molecule has 8 heteroatoms. The van der Waals surface area contributed by atoms with Crippen LogP contribution in [0.3, 0.4) is 0 Å². The summed E-state index contributed by atoms with van der Waals surface area (Å²) in [6, 6.07) is 6.03. The molecule has 2 aliphatic rings. The van der Waals surface area contributed by atoms with Gasteiger partial charge in [-0.3, -0.25) is 9.80 Å². The van der Waals surface area contributed by atoms with E-state index in [2.05, 4.69) is 19.8 Å². The Morgan fingerprint density at radius 2 is 1.74 bits per heavy atom. The summed E-state index contributed by atoms with van der Waals surface area (Å²) in [6.07, 6.45) is 2.97. The Morgan fingerprint density at radius 3 is 2.48 bits per heavy atom. The van der Waals surface area contributed by atoms with Gasteiger partial charge in [-0.15, -0.1) is 0 Å². The molecule has 27 heavy (non-hydrogen) atoms. The Hall–Kier alpha value is -2.16. The average Bonchev–Trinajstić information content (AvgIpc) is 3.06. The third-order valence-corrected chi connectivity index (χ3v) is 5.38. The highest BCUT2D eigenvalue weighted by Gasteiger charge is 2.37. The summed E-state index contributed by atoms with van der Waals surface area (Å²) in [6.45, 7) is 4.61. The van der Waals surface area contributed by atoms with Gasteiger partial charge in [-0.05, 0) is 12.1 Å². The Balaban J connectivity index is 1.35. The van der Waals surface area contributed by atoms with E-state index >= 15 is 0 Å². The summed E-state index contributed by atoms with van der Waals surface area (Å²) in [5.41, 5.74) is 0.328. The van der Waals surface area contributed by atoms with E-state index in [1.165, 1.54) is 6.07 Å². The Kier molecular flexibility index (Phi) is 5.29. The highest BCUT2D eigenvalue weighted by molar-refractivity contribution is 5.29. The first-order valence-electron chi connectivity index (χ1n) is 9.21. The number of piperazine rings is 1. The van der Waals surface area contributed by atoms with Crippen LogP contribution in [0, 0.1) is 11.6 Å². The standard InChI is InChI=1S/C19H23F2N5O/c20-15-4-1-3-14(18(15)21)11-24-12-16(17(27)13-24)25-7-9-26(10-8-25)19-22-5-2-6-23-19/h1-6,16-17,27H,7-13H2/t16-,17-/m0/s1. The van der Waals surface area contributed by atoms with Crippen LogP contribution in [0.5, 0.6) is 0 Å². The zero-order valence-electron chi connectivity index (χ0n) is 15.0. The highest BCUT2D eigenvalue weighted by Crippen LogP contribution is 2.22. The molecule has 3 heterocycles. The number of aromatic nitrogens is 2. The summed E-state index contributed by atoms with van der Waals surface area (Å²) in [5, 5.41) is 10.5. The van der Waals surface area contributed by atoms with Gasteiger partial charge in [-0.1, -0.05) is 12.1 Å². The Morgan fingerprint density at radius 1 is 1.00 bits per heavy atom. The summed E-state index contributed by atoms with van der Waals surface area (Å²) >= 11 is 0. The van der Waals surface area contributed by atoms with Crippen molar-refractivity contribution in [2.75, 3.05) is 44.2 Å². The van der Waals surface area contributed by atoms with Crippen LogP contribution in [0.2, 0.25) is 0 Å². The van der Waals surface area contributed by atoms with Gasteiger partial charge in [0.2, 0.25) is 5.95 Å². The van der Waals surface area contributed by atoms with Crippen molar-refractivity contribution >= 4 is 5.95 Å². The molecule has 0 spiro atoms. The van der Waals surface area contributed by atoms with Crippen molar-refractivity contribution < 1.29 is 13.9 Å². The zero-order valence-corrected chi connectivity index (χ0v) is 15.0. The molecule has 1 aromatic carbocycles. The van der Waals surface area contributed by atoms with Gasteiger partial charge in [0.15, 0.2) is 11.6 Å². The fourth-order valence-corrected chi connectivity index (χ4v) is 3.95. The first kappa shape index (κ1) is 18.2. The second kappa shape index (κ2) is 7.84.